The number of carbonyl (C=O) groups is 1. The quantitative estimate of drug-likeness (QED) is 0.627. The van der Waals surface area contributed by atoms with Crippen molar-refractivity contribution in [1.29, 1.82) is 0 Å². The number of aliphatic hydroxyl groups excluding tert-OH is 1. The summed E-state index contributed by atoms with van der Waals surface area (Å²) >= 11 is 1.04. The topological polar surface area (TPSA) is 116 Å². The molecule has 128 valence electrons. The number of carboxylic acids is 1. The number of rotatable bonds is 4. The molecule has 0 unspecified atom stereocenters. The van der Waals surface area contributed by atoms with E-state index >= 15 is 0 Å². The molecule has 1 aromatic heterocycles. The van der Waals surface area contributed by atoms with Gasteiger partial charge in [0.05, 0.1) is 11.7 Å². The van der Waals surface area contributed by atoms with Gasteiger partial charge in [0, 0.05) is 17.5 Å². The summed E-state index contributed by atoms with van der Waals surface area (Å²) in [5.74, 6) is -1.19. The molecule has 0 aromatic carbocycles. The van der Waals surface area contributed by atoms with Crippen molar-refractivity contribution in [3.05, 3.63) is 16.0 Å². The number of carboxylic acid groups (broad SMARTS) is 1. The standard InChI is InChI=1S/C14H20N2O5S2/c17-9-3-1-8(2-4-9)16-23(20,21)14-12(13(18)19)10-5-6-15-7-11(10)22-14/h8-9,15-17H,1-7H2,(H,18,19). The first kappa shape index (κ1) is 16.8. The van der Waals surface area contributed by atoms with Crippen molar-refractivity contribution in [2.45, 2.75) is 55.0 Å². The highest BCUT2D eigenvalue weighted by molar-refractivity contribution is 7.91. The second kappa shape index (κ2) is 6.48. The van der Waals surface area contributed by atoms with Crippen LogP contribution in [0.25, 0.3) is 0 Å². The molecule has 2 heterocycles. The lowest BCUT2D eigenvalue weighted by Crippen LogP contribution is -2.38. The van der Waals surface area contributed by atoms with E-state index in [-0.39, 0.29) is 21.9 Å². The second-order valence-corrected chi connectivity index (χ2v) is 9.04. The zero-order valence-corrected chi connectivity index (χ0v) is 14.2. The lowest BCUT2D eigenvalue weighted by Gasteiger charge is -2.25. The highest BCUT2D eigenvalue weighted by Crippen LogP contribution is 2.35. The minimum absolute atomic E-state index is 0.0742. The molecule has 1 aliphatic carbocycles. The smallest absolute Gasteiger partial charge is 0.338 e. The fraction of sp³-hybridized carbons (Fsp3) is 0.643. The van der Waals surface area contributed by atoms with Crippen molar-refractivity contribution in [2.24, 2.45) is 0 Å². The predicted octanol–water partition coefficient (Wildman–Crippen LogP) is 0.674. The van der Waals surface area contributed by atoms with Gasteiger partial charge in [0.15, 0.2) is 0 Å². The minimum atomic E-state index is -3.87. The van der Waals surface area contributed by atoms with E-state index in [0.29, 0.717) is 50.8 Å². The summed E-state index contributed by atoms with van der Waals surface area (Å²) in [5.41, 5.74) is 0.565. The van der Waals surface area contributed by atoms with Crippen LogP contribution in [0.4, 0.5) is 0 Å². The third-order valence-corrected chi connectivity index (χ3v) is 7.64. The van der Waals surface area contributed by atoms with E-state index in [1.54, 1.807) is 0 Å². The fourth-order valence-corrected chi connectivity index (χ4v) is 6.37. The molecule has 2 aliphatic rings. The Bertz CT molecular complexity index is 705. The summed E-state index contributed by atoms with van der Waals surface area (Å²) in [6.07, 6.45) is 2.41. The Morgan fingerprint density at radius 3 is 2.61 bits per heavy atom. The van der Waals surface area contributed by atoms with E-state index in [0.717, 1.165) is 16.2 Å². The molecule has 0 atom stereocenters. The number of sulfonamides is 1. The summed E-state index contributed by atoms with van der Waals surface area (Å²) in [6.45, 7) is 1.16. The van der Waals surface area contributed by atoms with Crippen molar-refractivity contribution >= 4 is 27.3 Å². The number of thiophene rings is 1. The number of nitrogens with one attached hydrogen (secondary N) is 2. The minimum Gasteiger partial charge on any atom is -0.478 e. The summed E-state index contributed by atoms with van der Waals surface area (Å²) < 4.78 is 27.9. The van der Waals surface area contributed by atoms with Gasteiger partial charge in [-0.3, -0.25) is 0 Å². The molecule has 0 spiro atoms. The lowest BCUT2D eigenvalue weighted by atomic mass is 9.94. The average molecular weight is 360 g/mol. The molecule has 1 fully saturated rings. The Kier molecular flexibility index (Phi) is 4.75. The molecule has 0 radical (unpaired) electrons. The van der Waals surface area contributed by atoms with Crippen LogP contribution in [0.3, 0.4) is 0 Å². The van der Waals surface area contributed by atoms with E-state index in [4.69, 9.17) is 0 Å². The molecule has 1 saturated carbocycles. The Morgan fingerprint density at radius 1 is 1.26 bits per heavy atom. The first-order chi connectivity index (χ1) is 10.9. The van der Waals surface area contributed by atoms with Crippen LogP contribution in [-0.4, -0.2) is 43.3 Å². The van der Waals surface area contributed by atoms with Crippen LogP contribution >= 0.6 is 11.3 Å². The largest absolute Gasteiger partial charge is 0.478 e. The third kappa shape index (κ3) is 3.43. The molecule has 1 aliphatic heterocycles. The number of hydrogen-bond donors (Lipinski definition) is 4. The summed E-state index contributed by atoms with van der Waals surface area (Å²) in [4.78, 5) is 12.4. The van der Waals surface area contributed by atoms with Crippen LogP contribution in [0.1, 0.15) is 46.5 Å². The molecule has 1 aromatic rings. The van der Waals surface area contributed by atoms with E-state index in [1.165, 1.54) is 0 Å². The third-order valence-electron chi connectivity index (χ3n) is 4.37. The number of hydrogen-bond acceptors (Lipinski definition) is 6. The summed E-state index contributed by atoms with van der Waals surface area (Å²) in [5, 5.41) is 22.1. The fourth-order valence-electron chi connectivity index (χ4n) is 3.18. The maximum atomic E-state index is 12.7. The SMILES string of the molecule is O=C(O)c1c(S(=O)(=O)NC2CCC(O)CC2)sc2c1CCNC2. The van der Waals surface area contributed by atoms with Gasteiger partial charge in [-0.25, -0.2) is 17.9 Å². The molecule has 0 amide bonds. The molecule has 4 N–H and O–H groups in total. The summed E-state index contributed by atoms with van der Waals surface area (Å²) in [7, 11) is -3.87. The van der Waals surface area contributed by atoms with Crippen molar-refractivity contribution in [3.8, 4) is 0 Å². The van der Waals surface area contributed by atoms with Gasteiger partial charge in [-0.15, -0.1) is 11.3 Å². The van der Waals surface area contributed by atoms with E-state index in [1.807, 2.05) is 0 Å². The Hall–Kier alpha value is -1.00. The van der Waals surface area contributed by atoms with Crippen LogP contribution < -0.4 is 10.0 Å². The van der Waals surface area contributed by atoms with Gasteiger partial charge in [0.2, 0.25) is 0 Å². The number of fused-ring (bicyclic) bond motifs is 1. The van der Waals surface area contributed by atoms with Crippen molar-refractivity contribution in [3.63, 3.8) is 0 Å². The molecule has 23 heavy (non-hydrogen) atoms. The van der Waals surface area contributed by atoms with Gasteiger partial charge in [-0.1, -0.05) is 0 Å². The van der Waals surface area contributed by atoms with Gasteiger partial charge in [-0.2, -0.15) is 0 Å². The maximum absolute atomic E-state index is 12.7. The van der Waals surface area contributed by atoms with E-state index in [2.05, 4.69) is 10.0 Å². The first-order valence-corrected chi connectivity index (χ1v) is 9.97. The zero-order valence-electron chi connectivity index (χ0n) is 12.5. The molecule has 3 rings (SSSR count). The first-order valence-electron chi connectivity index (χ1n) is 7.67. The number of aliphatic hydroxyl groups is 1. The second-order valence-electron chi connectivity index (χ2n) is 6.02. The molecule has 0 saturated heterocycles. The monoisotopic (exact) mass is 360 g/mol. The van der Waals surface area contributed by atoms with Gasteiger partial charge < -0.3 is 15.5 Å². The van der Waals surface area contributed by atoms with Crippen LogP contribution in [-0.2, 0) is 23.0 Å². The van der Waals surface area contributed by atoms with Crippen LogP contribution in [0.2, 0.25) is 0 Å². The maximum Gasteiger partial charge on any atom is 0.338 e. The van der Waals surface area contributed by atoms with Crippen molar-refractivity contribution in [1.82, 2.24) is 10.0 Å². The molecular formula is C14H20N2O5S2. The summed E-state index contributed by atoms with van der Waals surface area (Å²) in [6, 6.07) is -0.248. The van der Waals surface area contributed by atoms with Gasteiger partial charge >= 0.3 is 5.97 Å². The Morgan fingerprint density at radius 2 is 1.96 bits per heavy atom. The van der Waals surface area contributed by atoms with Gasteiger partial charge in [0.1, 0.15) is 4.21 Å². The van der Waals surface area contributed by atoms with E-state index < -0.39 is 16.0 Å². The number of aromatic carboxylic acids is 1. The van der Waals surface area contributed by atoms with E-state index in [9.17, 15) is 23.4 Å². The molecule has 9 heteroatoms. The van der Waals surface area contributed by atoms with Gasteiger partial charge in [0.25, 0.3) is 10.0 Å². The average Bonchev–Trinajstić information content (AvgIpc) is 2.90. The highest BCUT2D eigenvalue weighted by Gasteiger charge is 2.33. The zero-order chi connectivity index (χ0) is 16.6. The highest BCUT2D eigenvalue weighted by atomic mass is 32.2. The normalized spacial score (nSPS) is 25.1. The van der Waals surface area contributed by atoms with Crippen LogP contribution in [0.5, 0.6) is 0 Å². The van der Waals surface area contributed by atoms with Crippen LogP contribution in [0.15, 0.2) is 4.21 Å². The van der Waals surface area contributed by atoms with Crippen molar-refractivity contribution < 1.29 is 23.4 Å². The van der Waals surface area contributed by atoms with Gasteiger partial charge in [-0.05, 0) is 44.2 Å². The lowest BCUT2D eigenvalue weighted by molar-refractivity contribution is 0.0692. The van der Waals surface area contributed by atoms with Crippen molar-refractivity contribution in [2.75, 3.05) is 6.54 Å². The molecule has 0 bridgehead atoms. The Balaban J connectivity index is 1.90. The predicted molar refractivity (Wildman–Crippen MR) is 85.3 cm³/mol. The molecule has 7 nitrogen and oxygen atoms in total. The van der Waals surface area contributed by atoms with Crippen LogP contribution in [0, 0.1) is 0 Å². The molecular weight excluding hydrogens is 340 g/mol. The Labute approximate surface area is 138 Å².